The van der Waals surface area contributed by atoms with Crippen molar-refractivity contribution in [2.75, 3.05) is 0 Å². The zero-order valence-electron chi connectivity index (χ0n) is 54.6. The van der Waals surface area contributed by atoms with Crippen LogP contribution in [0.5, 0.6) is 0 Å². The summed E-state index contributed by atoms with van der Waals surface area (Å²) in [5, 5.41) is 23.7. The van der Waals surface area contributed by atoms with Crippen molar-refractivity contribution >= 4 is 108 Å². The third-order valence-corrected chi connectivity index (χ3v) is 21.8. The van der Waals surface area contributed by atoms with Crippen LogP contribution in [0.1, 0.15) is 0 Å². The highest BCUT2D eigenvalue weighted by Crippen LogP contribution is 2.55. The molecule has 1 aliphatic rings. The average Bonchev–Trinajstić information content (AvgIpc) is 0.731. The lowest BCUT2D eigenvalue weighted by atomic mass is 9.78. The van der Waals surface area contributed by atoms with Gasteiger partial charge in [-0.25, -0.2) is 0 Å². The van der Waals surface area contributed by atoms with E-state index in [9.17, 15) is 0 Å². The number of rotatable bonds is 0. The fraction of sp³-hybridized carbons (Fsp3) is 0. The molecule has 0 fully saturated rings. The first kappa shape index (κ1) is 56.2. The smallest absolute Gasteiger partial charge is 0.00923 e. The lowest BCUT2D eigenvalue weighted by Gasteiger charge is -2.25. The Balaban J connectivity index is 1.01. The zero-order chi connectivity index (χ0) is 65.5. The van der Waals surface area contributed by atoms with Gasteiger partial charge in [-0.1, -0.05) is 243 Å². The van der Waals surface area contributed by atoms with E-state index in [1.165, 1.54) is 219 Å². The molecule has 100 heavy (non-hydrogen) atoms. The molecule has 21 rings (SSSR count). The van der Waals surface area contributed by atoms with Crippen molar-refractivity contribution in [1.29, 1.82) is 0 Å². The number of hydrogen-bond acceptors (Lipinski definition) is 0. The van der Waals surface area contributed by atoms with Crippen LogP contribution < -0.4 is 0 Å². The summed E-state index contributed by atoms with van der Waals surface area (Å²) in [6.45, 7) is 0. The highest BCUT2D eigenvalue weighted by atomic mass is 14.3. The van der Waals surface area contributed by atoms with Crippen LogP contribution in [0.2, 0.25) is 0 Å². The van der Waals surface area contributed by atoms with Gasteiger partial charge in [0, 0.05) is 0 Å². The van der Waals surface area contributed by atoms with Crippen LogP contribution in [-0.2, 0) is 0 Å². The van der Waals surface area contributed by atoms with Gasteiger partial charge in [0.25, 0.3) is 0 Å². The summed E-state index contributed by atoms with van der Waals surface area (Å²) in [4.78, 5) is 0. The summed E-state index contributed by atoms with van der Waals surface area (Å²) in [7, 11) is 0. The third kappa shape index (κ3) is 9.08. The standard InChI is InChI=1S/C100H60/c1-2-22-62-42-82-81(41-61(62)21-1)83-43-63-23-3-4-25-65(63)45-85(83)87-47-67-27-7-8-29-69(67)49-89(87)91-51-71-31-11-12-33-73(71)53-93(91)95-55-75-35-15-16-37-77(75)57-97(95)99-59-79-39-19-20-40-80(79)60-100(99)98-58-78-38-18-17-36-76(78)56-96(98)94-54-74-34-14-13-32-72(74)52-92(94)90-50-70-30-10-9-28-68(70)48-88(90)86-46-66-26-6-5-24-64(66)44-84(82)86/h1-60H. The van der Waals surface area contributed by atoms with Gasteiger partial charge in [-0.2, -0.15) is 0 Å². The Morgan fingerprint density at radius 1 is 0.0700 bits per heavy atom. The number of fused-ring (bicyclic) bond motifs is 30. The quantitative estimate of drug-likeness (QED) is 0.142. The maximum atomic E-state index is 2.50. The summed E-state index contributed by atoms with van der Waals surface area (Å²) in [6, 6.07) is 140. The molecular weight excluding hydrogens is 1200 g/mol. The van der Waals surface area contributed by atoms with Crippen LogP contribution in [0, 0.1) is 0 Å². The Hall–Kier alpha value is -13.0. The van der Waals surface area contributed by atoms with E-state index < -0.39 is 0 Å². The first-order valence-electron chi connectivity index (χ1n) is 34.8. The van der Waals surface area contributed by atoms with Crippen LogP contribution >= 0.6 is 0 Å². The van der Waals surface area contributed by atoms with Crippen molar-refractivity contribution in [1.82, 2.24) is 0 Å². The summed E-state index contributed by atoms with van der Waals surface area (Å²) in [5.74, 6) is 0. The van der Waals surface area contributed by atoms with Crippen LogP contribution in [0.4, 0.5) is 0 Å². The molecule has 20 aromatic carbocycles. The molecule has 0 nitrogen and oxygen atoms in total. The summed E-state index contributed by atoms with van der Waals surface area (Å²) in [6.07, 6.45) is 0. The summed E-state index contributed by atoms with van der Waals surface area (Å²) in [5.41, 5.74) is 23.3. The van der Waals surface area contributed by atoms with E-state index in [0.29, 0.717) is 0 Å². The number of benzene rings is 20. The van der Waals surface area contributed by atoms with Crippen molar-refractivity contribution in [3.8, 4) is 111 Å². The topological polar surface area (TPSA) is 0 Å². The molecule has 0 amide bonds. The average molecular weight is 1260 g/mol. The van der Waals surface area contributed by atoms with E-state index >= 15 is 0 Å². The monoisotopic (exact) mass is 1260 g/mol. The Morgan fingerprint density at radius 2 is 0.120 bits per heavy atom. The lowest BCUT2D eigenvalue weighted by molar-refractivity contribution is 1.57. The van der Waals surface area contributed by atoms with Crippen molar-refractivity contribution in [2.24, 2.45) is 0 Å². The van der Waals surface area contributed by atoms with Gasteiger partial charge in [0.05, 0.1) is 0 Å². The largest absolute Gasteiger partial charge is 0.0616 e. The molecule has 0 bridgehead atoms. The van der Waals surface area contributed by atoms with Gasteiger partial charge in [-0.3, -0.25) is 0 Å². The van der Waals surface area contributed by atoms with E-state index in [0.717, 1.165) is 0 Å². The first-order valence-corrected chi connectivity index (χ1v) is 34.8. The molecular formula is C100H60. The van der Waals surface area contributed by atoms with E-state index in [2.05, 4.69) is 364 Å². The molecule has 460 valence electrons. The molecule has 0 spiro atoms. The fourth-order valence-electron chi connectivity index (χ4n) is 16.9. The number of hydrogen-bond donors (Lipinski definition) is 0. The molecule has 0 unspecified atom stereocenters. The second-order valence-electron chi connectivity index (χ2n) is 27.4. The summed E-state index contributed by atoms with van der Waals surface area (Å²) >= 11 is 0. The van der Waals surface area contributed by atoms with Gasteiger partial charge in [0.1, 0.15) is 0 Å². The Labute approximate surface area is 579 Å². The van der Waals surface area contributed by atoms with Gasteiger partial charge >= 0.3 is 0 Å². The first-order chi connectivity index (χ1) is 49.5. The Bertz CT molecular complexity index is 5040. The van der Waals surface area contributed by atoms with Gasteiger partial charge in [0.2, 0.25) is 0 Å². The minimum absolute atomic E-state index is 1.17. The predicted molar refractivity (Wildman–Crippen MR) is 429 cm³/mol. The maximum absolute atomic E-state index is 2.50. The highest BCUT2D eigenvalue weighted by molar-refractivity contribution is 6.17. The molecule has 0 aliphatic heterocycles. The predicted octanol–water partition coefficient (Wildman–Crippen LogP) is 28.2. The lowest BCUT2D eigenvalue weighted by Crippen LogP contribution is -1.98. The SMILES string of the molecule is c1ccc2cc3c(cc2c1)-c1cc2ccccc2cc1-c1cc2ccccc2cc1-c1cc2ccccc2cc1-c1cc2ccccc2cc1-c1cc2ccccc2cc1-c1cc2ccccc2cc1-c1cc2ccccc2cc1-c1cc2ccccc2cc1-c1cc2ccccc2cc1-3. The normalized spacial score (nSPS) is 12.0. The zero-order valence-corrected chi connectivity index (χ0v) is 54.6. The van der Waals surface area contributed by atoms with Crippen molar-refractivity contribution in [3.05, 3.63) is 364 Å². The molecule has 0 heteroatoms. The molecule has 1 aliphatic carbocycles. The van der Waals surface area contributed by atoms with Gasteiger partial charge < -0.3 is 0 Å². The van der Waals surface area contributed by atoms with Gasteiger partial charge in [-0.15, -0.1) is 0 Å². The Kier molecular flexibility index (Phi) is 12.5. The Morgan fingerprint density at radius 3 is 0.170 bits per heavy atom. The van der Waals surface area contributed by atoms with E-state index in [1.807, 2.05) is 0 Å². The minimum atomic E-state index is 1.17. The molecule has 0 saturated carbocycles. The van der Waals surface area contributed by atoms with Crippen molar-refractivity contribution in [3.63, 3.8) is 0 Å². The van der Waals surface area contributed by atoms with Crippen LogP contribution in [0.25, 0.3) is 219 Å². The minimum Gasteiger partial charge on any atom is -0.0616 e. The molecule has 0 heterocycles. The fourth-order valence-corrected chi connectivity index (χ4v) is 16.9. The van der Waals surface area contributed by atoms with E-state index in [4.69, 9.17) is 0 Å². The second kappa shape index (κ2) is 22.3. The molecule has 0 radical (unpaired) electrons. The second-order valence-corrected chi connectivity index (χ2v) is 27.4. The van der Waals surface area contributed by atoms with E-state index in [-0.39, 0.29) is 0 Å². The van der Waals surface area contributed by atoms with Crippen LogP contribution in [0.15, 0.2) is 364 Å². The van der Waals surface area contributed by atoms with Gasteiger partial charge in [-0.05, 0) is 340 Å². The van der Waals surface area contributed by atoms with Crippen LogP contribution in [0.3, 0.4) is 0 Å². The third-order valence-electron chi connectivity index (χ3n) is 21.8. The molecule has 0 atom stereocenters. The molecule has 0 aromatic heterocycles. The van der Waals surface area contributed by atoms with Crippen molar-refractivity contribution in [2.45, 2.75) is 0 Å². The van der Waals surface area contributed by atoms with E-state index in [1.54, 1.807) is 0 Å². The molecule has 0 N–H and O–H groups in total. The van der Waals surface area contributed by atoms with Crippen molar-refractivity contribution < 1.29 is 0 Å². The summed E-state index contributed by atoms with van der Waals surface area (Å²) < 4.78 is 0. The highest BCUT2D eigenvalue weighted by Gasteiger charge is 2.28. The maximum Gasteiger partial charge on any atom is -0.00923 e. The van der Waals surface area contributed by atoms with Gasteiger partial charge in [0.15, 0.2) is 0 Å². The molecule has 20 aromatic rings. The molecule has 0 saturated heterocycles. The van der Waals surface area contributed by atoms with Crippen LogP contribution in [-0.4, -0.2) is 0 Å².